The van der Waals surface area contributed by atoms with Gasteiger partial charge in [-0.1, -0.05) is 48.5 Å². The van der Waals surface area contributed by atoms with Crippen molar-refractivity contribution in [2.45, 2.75) is 32.2 Å². The predicted molar refractivity (Wildman–Crippen MR) is 135 cm³/mol. The molecule has 0 saturated heterocycles. The molecule has 0 spiro atoms. The van der Waals surface area contributed by atoms with Crippen molar-refractivity contribution in [2.75, 3.05) is 6.61 Å². The van der Waals surface area contributed by atoms with E-state index in [-0.39, 0.29) is 6.61 Å². The van der Waals surface area contributed by atoms with Gasteiger partial charge in [-0.3, -0.25) is 9.67 Å². The average molecular weight is 466 g/mol. The summed E-state index contributed by atoms with van der Waals surface area (Å²) in [7, 11) is 0. The van der Waals surface area contributed by atoms with Gasteiger partial charge in [0.05, 0.1) is 12.7 Å². The molecule has 6 nitrogen and oxygen atoms in total. The summed E-state index contributed by atoms with van der Waals surface area (Å²) in [5.41, 5.74) is 8.21. The molecule has 0 unspecified atom stereocenters. The third kappa shape index (κ3) is 5.32. The number of rotatable bonds is 8. The molecule has 0 amide bonds. The second-order valence-corrected chi connectivity index (χ2v) is 8.69. The fourth-order valence-electron chi connectivity index (χ4n) is 4.70. The van der Waals surface area contributed by atoms with Crippen molar-refractivity contribution in [1.29, 1.82) is 0 Å². The Morgan fingerprint density at radius 3 is 2.77 bits per heavy atom. The first-order chi connectivity index (χ1) is 17.2. The van der Waals surface area contributed by atoms with Crippen LogP contribution >= 0.6 is 0 Å². The first-order valence-corrected chi connectivity index (χ1v) is 11.8. The number of pyridine rings is 1. The maximum absolute atomic E-state index is 10.9. The van der Waals surface area contributed by atoms with Crippen LogP contribution < -0.4 is 4.74 Å². The Morgan fingerprint density at radius 2 is 1.91 bits per heavy atom. The van der Waals surface area contributed by atoms with Gasteiger partial charge >= 0.3 is 5.97 Å². The molecule has 6 heteroatoms. The van der Waals surface area contributed by atoms with Crippen LogP contribution in [0.2, 0.25) is 0 Å². The Balaban J connectivity index is 1.31. The van der Waals surface area contributed by atoms with Crippen LogP contribution in [0.4, 0.5) is 0 Å². The third-order valence-corrected chi connectivity index (χ3v) is 6.30. The van der Waals surface area contributed by atoms with E-state index in [9.17, 15) is 4.79 Å². The lowest BCUT2D eigenvalue weighted by atomic mass is 9.86. The van der Waals surface area contributed by atoms with Crippen LogP contribution in [0.5, 0.6) is 5.75 Å². The van der Waals surface area contributed by atoms with E-state index in [1.807, 2.05) is 35.3 Å². The summed E-state index contributed by atoms with van der Waals surface area (Å²) in [6.07, 6.45) is 13.6. The van der Waals surface area contributed by atoms with Crippen molar-refractivity contribution < 1.29 is 14.6 Å². The Kier molecular flexibility index (Phi) is 6.70. The Morgan fingerprint density at radius 1 is 1.03 bits per heavy atom. The lowest BCUT2D eigenvalue weighted by molar-refractivity contribution is -0.139. The molecule has 4 aromatic rings. The molecule has 2 aromatic heterocycles. The van der Waals surface area contributed by atoms with Crippen molar-refractivity contribution in [3.8, 4) is 16.9 Å². The van der Waals surface area contributed by atoms with Gasteiger partial charge in [0.1, 0.15) is 5.75 Å². The molecule has 0 radical (unpaired) electrons. The molecule has 5 rings (SSSR count). The summed E-state index contributed by atoms with van der Waals surface area (Å²) >= 11 is 0. The lowest BCUT2D eigenvalue weighted by Crippen LogP contribution is -2.12. The summed E-state index contributed by atoms with van der Waals surface area (Å²) in [5.74, 6) is -0.295. The molecule has 2 aromatic carbocycles. The van der Waals surface area contributed by atoms with Gasteiger partial charge < -0.3 is 9.84 Å². The van der Waals surface area contributed by atoms with Gasteiger partial charge in [-0.25, -0.2) is 4.79 Å². The van der Waals surface area contributed by atoms with Gasteiger partial charge in [0.25, 0.3) is 0 Å². The zero-order valence-corrected chi connectivity index (χ0v) is 19.4. The lowest BCUT2D eigenvalue weighted by Gasteiger charge is -2.22. The van der Waals surface area contributed by atoms with E-state index in [1.165, 1.54) is 16.7 Å². The number of allylic oxidation sites excluding steroid dienone is 2. The highest BCUT2D eigenvalue weighted by atomic mass is 16.5. The van der Waals surface area contributed by atoms with E-state index in [1.54, 1.807) is 6.20 Å². The molecule has 0 bridgehead atoms. The van der Waals surface area contributed by atoms with E-state index in [0.717, 1.165) is 47.9 Å². The minimum atomic E-state index is -0.966. The number of hydrogen-bond acceptors (Lipinski definition) is 4. The van der Waals surface area contributed by atoms with Gasteiger partial charge in [-0.2, -0.15) is 5.10 Å². The number of carboxylic acids is 1. The maximum atomic E-state index is 10.9. The van der Waals surface area contributed by atoms with Crippen LogP contribution in [0.1, 0.15) is 35.1 Å². The average Bonchev–Trinajstić information content (AvgIpc) is 3.34. The number of hydrogen-bond donors (Lipinski definition) is 1. The molecule has 1 aliphatic rings. The molecule has 2 heterocycles. The predicted octanol–water partition coefficient (Wildman–Crippen LogP) is 5.42. The molecule has 0 aliphatic heterocycles. The summed E-state index contributed by atoms with van der Waals surface area (Å²) in [6.45, 7) is 0.356. The molecule has 176 valence electrons. The molecule has 1 aliphatic carbocycles. The normalized spacial score (nSPS) is 14.0. The Labute approximate surface area is 204 Å². The number of fused-ring (bicyclic) bond motifs is 1. The number of ether oxygens (including phenoxy) is 1. The first-order valence-electron chi connectivity index (χ1n) is 11.8. The van der Waals surface area contributed by atoms with Crippen LogP contribution in [0, 0.1) is 0 Å². The monoisotopic (exact) mass is 465 g/mol. The minimum absolute atomic E-state index is 0.324. The fraction of sp³-hybridized carbons (Fsp3) is 0.207. The van der Waals surface area contributed by atoms with Crippen LogP contribution in [0.25, 0.3) is 16.7 Å². The summed E-state index contributed by atoms with van der Waals surface area (Å²) in [5, 5.41) is 13.6. The molecule has 1 N–H and O–H groups in total. The van der Waals surface area contributed by atoms with E-state index in [2.05, 4.69) is 58.8 Å². The van der Waals surface area contributed by atoms with Crippen molar-refractivity contribution in [1.82, 2.24) is 14.8 Å². The van der Waals surface area contributed by atoms with Crippen LogP contribution in [0.3, 0.4) is 0 Å². The molecule has 35 heavy (non-hydrogen) atoms. The van der Waals surface area contributed by atoms with E-state index in [0.29, 0.717) is 12.3 Å². The van der Waals surface area contributed by atoms with Gasteiger partial charge in [-0.05, 0) is 59.2 Å². The van der Waals surface area contributed by atoms with Crippen LogP contribution in [0.15, 0.2) is 85.5 Å². The van der Waals surface area contributed by atoms with Crippen molar-refractivity contribution in [3.05, 3.63) is 108 Å². The Bertz CT molecular complexity index is 1360. The van der Waals surface area contributed by atoms with Gasteiger partial charge in [0.15, 0.2) is 6.61 Å². The highest BCUT2D eigenvalue weighted by Crippen LogP contribution is 2.36. The SMILES string of the molecule is O=C(O)COc1cccc2c1CCCC2=CCn1cc(Cc2ccccc2-c2cccnc2)cn1. The van der Waals surface area contributed by atoms with E-state index in [4.69, 9.17) is 9.84 Å². The molecule has 0 fully saturated rings. The molecule has 0 saturated carbocycles. The molecular formula is C29H27N3O3. The second kappa shape index (κ2) is 10.4. The molecular weight excluding hydrogens is 438 g/mol. The minimum Gasteiger partial charge on any atom is -0.482 e. The zero-order chi connectivity index (χ0) is 24.0. The topological polar surface area (TPSA) is 77.2 Å². The largest absolute Gasteiger partial charge is 0.482 e. The third-order valence-electron chi connectivity index (χ3n) is 6.30. The smallest absolute Gasteiger partial charge is 0.341 e. The van der Waals surface area contributed by atoms with Gasteiger partial charge in [0.2, 0.25) is 0 Å². The van der Waals surface area contributed by atoms with Gasteiger partial charge in [-0.15, -0.1) is 0 Å². The number of aromatic nitrogens is 3. The van der Waals surface area contributed by atoms with Gasteiger partial charge in [0, 0.05) is 36.1 Å². The number of carbonyl (C=O) groups is 1. The van der Waals surface area contributed by atoms with E-state index < -0.39 is 5.97 Å². The second-order valence-electron chi connectivity index (χ2n) is 8.69. The molecule has 0 atom stereocenters. The maximum Gasteiger partial charge on any atom is 0.341 e. The quantitative estimate of drug-likeness (QED) is 0.376. The highest BCUT2D eigenvalue weighted by Gasteiger charge is 2.18. The standard InChI is InChI=1S/C29H27N3O3/c33-29(34)20-35-28-12-4-10-26-22(7-3-11-27(26)28)13-15-32-19-21(17-31-32)16-23-6-1-2-9-25(23)24-8-5-14-30-18-24/h1-2,4-6,8-10,12-14,17-19H,3,7,11,15-16,20H2,(H,33,34). The first kappa shape index (κ1) is 22.6. The number of benzene rings is 2. The number of carboxylic acid groups (broad SMARTS) is 1. The van der Waals surface area contributed by atoms with Crippen molar-refractivity contribution in [2.24, 2.45) is 0 Å². The summed E-state index contributed by atoms with van der Waals surface area (Å²) < 4.78 is 7.50. The number of nitrogens with zero attached hydrogens (tertiary/aromatic N) is 3. The summed E-state index contributed by atoms with van der Waals surface area (Å²) in [4.78, 5) is 15.2. The number of aliphatic carboxylic acids is 1. The van der Waals surface area contributed by atoms with E-state index >= 15 is 0 Å². The summed E-state index contributed by atoms with van der Waals surface area (Å²) in [6, 6.07) is 18.3. The van der Waals surface area contributed by atoms with Crippen molar-refractivity contribution >= 4 is 11.5 Å². The Hall–Kier alpha value is -4.19. The van der Waals surface area contributed by atoms with Crippen molar-refractivity contribution in [3.63, 3.8) is 0 Å². The fourth-order valence-corrected chi connectivity index (χ4v) is 4.70. The zero-order valence-electron chi connectivity index (χ0n) is 19.4. The van der Waals surface area contributed by atoms with Crippen LogP contribution in [-0.2, 0) is 24.2 Å². The van der Waals surface area contributed by atoms with Crippen LogP contribution in [-0.4, -0.2) is 32.4 Å². The highest BCUT2D eigenvalue weighted by molar-refractivity contribution is 5.73.